The lowest BCUT2D eigenvalue weighted by molar-refractivity contribution is -0.148. The van der Waals surface area contributed by atoms with Crippen molar-refractivity contribution in [2.75, 3.05) is 32.8 Å². The van der Waals surface area contributed by atoms with Crippen molar-refractivity contribution in [3.8, 4) is 5.75 Å². The van der Waals surface area contributed by atoms with Gasteiger partial charge in [-0.2, -0.15) is 0 Å². The number of ether oxygens (including phenoxy) is 1. The van der Waals surface area contributed by atoms with Crippen LogP contribution in [0.5, 0.6) is 5.75 Å². The minimum absolute atomic E-state index is 0.0823. The highest BCUT2D eigenvalue weighted by Gasteiger charge is 2.50. The van der Waals surface area contributed by atoms with Crippen LogP contribution >= 0.6 is 0 Å². The molecule has 1 N–H and O–H groups in total. The summed E-state index contributed by atoms with van der Waals surface area (Å²) in [5.74, 6) is 1.51. The first-order chi connectivity index (χ1) is 14.0. The van der Waals surface area contributed by atoms with E-state index in [-0.39, 0.29) is 17.7 Å². The number of carbonyl (C=O) groups is 2. The molecule has 0 bridgehead atoms. The van der Waals surface area contributed by atoms with E-state index in [1.165, 1.54) is 0 Å². The summed E-state index contributed by atoms with van der Waals surface area (Å²) in [4.78, 5) is 33.7. The number of rotatable bonds is 3. The molecule has 0 radical (unpaired) electrons. The van der Waals surface area contributed by atoms with Gasteiger partial charge in [0.25, 0.3) is 5.91 Å². The van der Waals surface area contributed by atoms with Crippen LogP contribution < -0.4 is 4.74 Å². The van der Waals surface area contributed by atoms with Gasteiger partial charge in [-0.15, -0.1) is 0 Å². The van der Waals surface area contributed by atoms with E-state index in [1.807, 2.05) is 11.0 Å². The van der Waals surface area contributed by atoms with Crippen LogP contribution in [0.2, 0.25) is 0 Å². The Labute approximate surface area is 171 Å². The SMILES string of the molecule is O=C(C1CCC(c2ccc3c(n2)CCO3)CC1)N1CCN(C(=O)C2(O)CC2)CC1. The number of piperazine rings is 1. The molecule has 2 saturated carbocycles. The van der Waals surface area contributed by atoms with Crippen LogP contribution in [0.4, 0.5) is 0 Å². The molecular formula is C22H29N3O4. The maximum absolute atomic E-state index is 13.0. The molecule has 3 heterocycles. The smallest absolute Gasteiger partial charge is 0.254 e. The third-order valence-corrected chi connectivity index (χ3v) is 7.05. The van der Waals surface area contributed by atoms with Gasteiger partial charge in [0, 0.05) is 50.1 Å². The van der Waals surface area contributed by atoms with Gasteiger partial charge in [-0.3, -0.25) is 14.6 Å². The van der Waals surface area contributed by atoms with Gasteiger partial charge in [0.05, 0.1) is 12.3 Å². The van der Waals surface area contributed by atoms with Gasteiger partial charge in [-0.05, 0) is 50.7 Å². The van der Waals surface area contributed by atoms with Crippen LogP contribution in [0.3, 0.4) is 0 Å². The fraction of sp³-hybridized carbons (Fsp3) is 0.682. The molecule has 5 rings (SSSR count). The van der Waals surface area contributed by atoms with E-state index in [2.05, 4.69) is 6.07 Å². The maximum atomic E-state index is 13.0. The number of amides is 2. The van der Waals surface area contributed by atoms with E-state index < -0.39 is 5.60 Å². The predicted molar refractivity (Wildman–Crippen MR) is 105 cm³/mol. The minimum atomic E-state index is -1.11. The van der Waals surface area contributed by atoms with Crippen molar-refractivity contribution in [2.45, 2.75) is 56.5 Å². The largest absolute Gasteiger partial charge is 0.491 e. The standard InChI is InChI=1S/C22H29N3O4/c26-20(24-10-12-25(13-11-24)21(27)22(28)8-9-22)16-3-1-15(2-4-16)17-5-6-19-18(23-17)7-14-29-19/h5-6,15-16,28H,1-4,7-14H2. The maximum Gasteiger partial charge on any atom is 0.254 e. The van der Waals surface area contributed by atoms with Crippen molar-refractivity contribution in [2.24, 2.45) is 5.92 Å². The molecule has 0 atom stereocenters. The lowest BCUT2D eigenvalue weighted by Crippen LogP contribution is -2.54. The summed E-state index contributed by atoms with van der Waals surface area (Å²) in [6.07, 6.45) is 5.82. The van der Waals surface area contributed by atoms with E-state index in [0.29, 0.717) is 44.9 Å². The minimum Gasteiger partial charge on any atom is -0.491 e. The Hall–Kier alpha value is -2.15. The highest BCUT2D eigenvalue weighted by atomic mass is 16.5. The van der Waals surface area contributed by atoms with Crippen molar-refractivity contribution in [1.29, 1.82) is 0 Å². The predicted octanol–water partition coefficient (Wildman–Crippen LogP) is 1.49. The fourth-order valence-electron chi connectivity index (χ4n) is 4.95. The van der Waals surface area contributed by atoms with Crippen molar-refractivity contribution in [3.05, 3.63) is 23.5 Å². The zero-order valence-electron chi connectivity index (χ0n) is 16.8. The summed E-state index contributed by atoms with van der Waals surface area (Å²) in [6, 6.07) is 4.13. The van der Waals surface area contributed by atoms with E-state index in [4.69, 9.17) is 9.72 Å². The molecule has 3 fully saturated rings. The lowest BCUT2D eigenvalue weighted by Gasteiger charge is -2.38. The Balaban J connectivity index is 1.12. The second kappa shape index (κ2) is 7.27. The molecule has 2 aliphatic heterocycles. The second-order valence-corrected chi connectivity index (χ2v) is 8.98. The van der Waals surface area contributed by atoms with Crippen molar-refractivity contribution >= 4 is 11.8 Å². The molecule has 2 aliphatic carbocycles. The Morgan fingerprint density at radius 1 is 1.03 bits per heavy atom. The van der Waals surface area contributed by atoms with Crippen molar-refractivity contribution in [1.82, 2.24) is 14.8 Å². The molecule has 2 amide bonds. The summed E-state index contributed by atoms with van der Waals surface area (Å²) in [7, 11) is 0. The zero-order valence-corrected chi connectivity index (χ0v) is 16.8. The first-order valence-electron chi connectivity index (χ1n) is 11.0. The summed E-state index contributed by atoms with van der Waals surface area (Å²) < 4.78 is 5.55. The Kier molecular flexibility index (Phi) is 4.73. The summed E-state index contributed by atoms with van der Waals surface area (Å²) in [5, 5.41) is 10.0. The van der Waals surface area contributed by atoms with Crippen molar-refractivity contribution < 1.29 is 19.4 Å². The van der Waals surface area contributed by atoms with E-state index in [1.54, 1.807) is 4.90 Å². The number of nitrogens with zero attached hydrogens (tertiary/aromatic N) is 3. The normalized spacial score (nSPS) is 27.9. The van der Waals surface area contributed by atoms with Gasteiger partial charge >= 0.3 is 0 Å². The molecule has 156 valence electrons. The lowest BCUT2D eigenvalue weighted by atomic mass is 9.79. The number of pyridine rings is 1. The Bertz CT molecular complexity index is 806. The molecule has 1 aromatic rings. The topological polar surface area (TPSA) is 83.0 Å². The van der Waals surface area contributed by atoms with Gasteiger partial charge in [0.2, 0.25) is 5.91 Å². The van der Waals surface area contributed by atoms with Crippen LogP contribution in [0.25, 0.3) is 0 Å². The van der Waals surface area contributed by atoms with E-state index in [0.717, 1.165) is 55.8 Å². The van der Waals surface area contributed by atoms with Crippen LogP contribution in [0.15, 0.2) is 12.1 Å². The molecule has 1 aromatic heterocycles. The third-order valence-electron chi connectivity index (χ3n) is 7.05. The summed E-state index contributed by atoms with van der Waals surface area (Å²) in [5.41, 5.74) is 1.11. The Morgan fingerprint density at radius 3 is 2.41 bits per heavy atom. The molecule has 4 aliphatic rings. The monoisotopic (exact) mass is 399 g/mol. The molecule has 1 saturated heterocycles. The average Bonchev–Trinajstić information content (AvgIpc) is 3.34. The second-order valence-electron chi connectivity index (χ2n) is 8.98. The molecule has 29 heavy (non-hydrogen) atoms. The number of aliphatic hydroxyl groups is 1. The van der Waals surface area contributed by atoms with Crippen molar-refractivity contribution in [3.63, 3.8) is 0 Å². The van der Waals surface area contributed by atoms with Crippen LogP contribution in [0.1, 0.15) is 55.8 Å². The third kappa shape index (κ3) is 3.61. The van der Waals surface area contributed by atoms with Crippen LogP contribution in [0, 0.1) is 5.92 Å². The van der Waals surface area contributed by atoms with Gasteiger partial charge < -0.3 is 19.6 Å². The molecule has 0 spiro atoms. The average molecular weight is 399 g/mol. The highest BCUT2D eigenvalue weighted by Crippen LogP contribution is 2.38. The highest BCUT2D eigenvalue weighted by molar-refractivity contribution is 5.88. The molecule has 7 nitrogen and oxygen atoms in total. The number of hydrogen-bond donors (Lipinski definition) is 1. The molecule has 7 heteroatoms. The number of fused-ring (bicyclic) bond motifs is 1. The van der Waals surface area contributed by atoms with Gasteiger partial charge in [0.15, 0.2) is 0 Å². The van der Waals surface area contributed by atoms with Gasteiger partial charge in [-0.25, -0.2) is 0 Å². The zero-order chi connectivity index (χ0) is 20.0. The first kappa shape index (κ1) is 18.9. The Morgan fingerprint density at radius 2 is 1.72 bits per heavy atom. The van der Waals surface area contributed by atoms with Gasteiger partial charge in [-0.1, -0.05) is 0 Å². The van der Waals surface area contributed by atoms with Crippen LogP contribution in [-0.4, -0.2) is 70.1 Å². The van der Waals surface area contributed by atoms with Crippen LogP contribution in [-0.2, 0) is 16.0 Å². The number of hydrogen-bond acceptors (Lipinski definition) is 5. The van der Waals surface area contributed by atoms with E-state index in [9.17, 15) is 14.7 Å². The summed E-state index contributed by atoms with van der Waals surface area (Å²) >= 11 is 0. The molecular weight excluding hydrogens is 370 g/mol. The number of carbonyl (C=O) groups excluding carboxylic acids is 2. The first-order valence-corrected chi connectivity index (χ1v) is 11.0. The molecule has 0 aromatic carbocycles. The molecule has 0 unspecified atom stereocenters. The van der Waals surface area contributed by atoms with Gasteiger partial charge in [0.1, 0.15) is 11.4 Å². The fourth-order valence-corrected chi connectivity index (χ4v) is 4.95. The number of aromatic nitrogens is 1. The van der Waals surface area contributed by atoms with E-state index >= 15 is 0 Å². The quantitative estimate of drug-likeness (QED) is 0.833. The summed E-state index contributed by atoms with van der Waals surface area (Å²) in [6.45, 7) is 2.94.